The van der Waals surface area contributed by atoms with E-state index in [4.69, 9.17) is 44.5 Å². The Morgan fingerprint density at radius 3 is 1.95 bits per heavy atom. The van der Waals surface area contributed by atoms with Gasteiger partial charge in [-0.05, 0) is 60.5 Å². The van der Waals surface area contributed by atoms with Crippen molar-refractivity contribution in [2.45, 2.75) is 25.9 Å². The lowest BCUT2D eigenvalue weighted by molar-refractivity contribution is -0.130. The number of amidine groups is 1. The van der Waals surface area contributed by atoms with Gasteiger partial charge in [0.2, 0.25) is 5.91 Å². The normalized spacial score (nSPS) is 19.0. The Balaban J connectivity index is 1.65. The van der Waals surface area contributed by atoms with E-state index in [9.17, 15) is 9.59 Å². The maximum atomic E-state index is 14.4. The molecule has 2 atom stereocenters. The van der Waals surface area contributed by atoms with E-state index < -0.39 is 12.1 Å². The van der Waals surface area contributed by atoms with Crippen molar-refractivity contribution in [2.75, 3.05) is 32.8 Å². The van der Waals surface area contributed by atoms with E-state index in [-0.39, 0.29) is 11.9 Å². The van der Waals surface area contributed by atoms with Crippen LogP contribution in [0.5, 0.6) is 5.75 Å². The van der Waals surface area contributed by atoms with Crippen molar-refractivity contribution >= 4 is 52.6 Å². The molecule has 3 aromatic carbocycles. The predicted octanol–water partition coefficient (Wildman–Crippen LogP) is 6.87. The Labute approximate surface area is 248 Å². The maximum absolute atomic E-state index is 14.4. The first-order chi connectivity index (χ1) is 19.3. The Hall–Kier alpha value is -3.26. The summed E-state index contributed by atoms with van der Waals surface area (Å²) in [4.78, 5) is 36.8. The monoisotopic (exact) mass is 598 g/mol. The van der Waals surface area contributed by atoms with Gasteiger partial charge in [0.25, 0.3) is 0 Å². The molecule has 10 heteroatoms. The second kappa shape index (κ2) is 12.1. The summed E-state index contributed by atoms with van der Waals surface area (Å²) in [6.07, 6.45) is 0. The molecule has 0 bridgehead atoms. The van der Waals surface area contributed by atoms with E-state index >= 15 is 0 Å². The van der Waals surface area contributed by atoms with Crippen molar-refractivity contribution < 1.29 is 14.3 Å². The SMILES string of the molecule is CCOc1cc(Cl)ccc1C1=NC(c2ccc(Cl)cc2)C(c2ccc(Cl)cc2)N1C(=O)N1CCN(C(C)=O)CC1. The van der Waals surface area contributed by atoms with Gasteiger partial charge in [0.05, 0.1) is 18.2 Å². The first kappa shape index (κ1) is 28.3. The van der Waals surface area contributed by atoms with Crippen LogP contribution in [-0.4, -0.2) is 65.3 Å². The predicted molar refractivity (Wildman–Crippen MR) is 159 cm³/mol. The zero-order chi connectivity index (χ0) is 28.4. The van der Waals surface area contributed by atoms with E-state index in [0.29, 0.717) is 65.0 Å². The Bertz CT molecular complexity index is 1420. The van der Waals surface area contributed by atoms with Crippen LogP contribution in [0.2, 0.25) is 15.1 Å². The molecule has 3 aromatic rings. The third kappa shape index (κ3) is 5.78. The average Bonchev–Trinajstić information content (AvgIpc) is 3.34. The minimum Gasteiger partial charge on any atom is -0.493 e. The molecule has 40 heavy (non-hydrogen) atoms. The van der Waals surface area contributed by atoms with Crippen LogP contribution < -0.4 is 4.74 Å². The topological polar surface area (TPSA) is 65.5 Å². The number of aliphatic imine (C=N–C) groups is 1. The minimum atomic E-state index is -0.475. The smallest absolute Gasteiger partial charge is 0.326 e. The Morgan fingerprint density at radius 2 is 1.38 bits per heavy atom. The molecule has 7 nitrogen and oxygen atoms in total. The van der Waals surface area contributed by atoms with Crippen molar-refractivity contribution in [2.24, 2.45) is 4.99 Å². The van der Waals surface area contributed by atoms with Crippen LogP contribution in [0.25, 0.3) is 0 Å². The minimum absolute atomic E-state index is 0.000105. The number of benzene rings is 3. The number of piperazine rings is 1. The van der Waals surface area contributed by atoms with Gasteiger partial charge in [-0.15, -0.1) is 0 Å². The number of rotatable bonds is 5. The molecule has 0 N–H and O–H groups in total. The summed E-state index contributed by atoms with van der Waals surface area (Å²) in [7, 11) is 0. The van der Waals surface area contributed by atoms with Gasteiger partial charge in [-0.3, -0.25) is 14.7 Å². The van der Waals surface area contributed by atoms with E-state index in [1.165, 1.54) is 0 Å². The fraction of sp³-hybridized carbons (Fsp3) is 0.300. The molecular weight excluding hydrogens is 571 g/mol. The highest BCUT2D eigenvalue weighted by molar-refractivity contribution is 6.31. The third-order valence-electron chi connectivity index (χ3n) is 7.18. The molecule has 0 saturated carbocycles. The number of amides is 3. The molecular formula is C30H29Cl3N4O3. The summed E-state index contributed by atoms with van der Waals surface area (Å²) < 4.78 is 5.96. The van der Waals surface area contributed by atoms with Gasteiger partial charge in [-0.2, -0.15) is 0 Å². The summed E-state index contributed by atoms with van der Waals surface area (Å²) in [6.45, 7) is 5.64. The number of urea groups is 1. The summed E-state index contributed by atoms with van der Waals surface area (Å²) in [6, 6.07) is 19.2. The van der Waals surface area contributed by atoms with E-state index in [1.807, 2.05) is 61.5 Å². The highest BCUT2D eigenvalue weighted by atomic mass is 35.5. The lowest BCUT2D eigenvalue weighted by Gasteiger charge is -2.38. The van der Waals surface area contributed by atoms with E-state index in [2.05, 4.69) is 0 Å². The van der Waals surface area contributed by atoms with Crippen molar-refractivity contribution in [3.63, 3.8) is 0 Å². The largest absolute Gasteiger partial charge is 0.493 e. The van der Waals surface area contributed by atoms with Crippen LogP contribution in [0.15, 0.2) is 71.7 Å². The zero-order valence-corrected chi connectivity index (χ0v) is 24.5. The van der Waals surface area contributed by atoms with Crippen molar-refractivity contribution in [3.05, 3.63) is 98.5 Å². The van der Waals surface area contributed by atoms with Crippen LogP contribution in [0.4, 0.5) is 4.79 Å². The number of ether oxygens (including phenoxy) is 1. The van der Waals surface area contributed by atoms with Gasteiger partial charge < -0.3 is 14.5 Å². The summed E-state index contributed by atoms with van der Waals surface area (Å²) in [5.41, 5.74) is 2.45. The third-order valence-corrected chi connectivity index (χ3v) is 7.91. The zero-order valence-electron chi connectivity index (χ0n) is 22.2. The van der Waals surface area contributed by atoms with Crippen LogP contribution in [0.3, 0.4) is 0 Å². The molecule has 2 aliphatic rings. The number of carbonyl (C=O) groups is 2. The summed E-state index contributed by atoms with van der Waals surface area (Å²) in [5.74, 6) is 1.03. The van der Waals surface area contributed by atoms with Gasteiger partial charge in [0, 0.05) is 48.2 Å². The lowest BCUT2D eigenvalue weighted by atomic mass is 9.93. The molecule has 2 aliphatic heterocycles. The fourth-order valence-electron chi connectivity index (χ4n) is 5.18. The van der Waals surface area contributed by atoms with Crippen molar-refractivity contribution in [3.8, 4) is 5.75 Å². The average molecular weight is 600 g/mol. The molecule has 1 saturated heterocycles. The molecule has 0 radical (unpaired) electrons. The van der Waals surface area contributed by atoms with Gasteiger partial charge in [-0.1, -0.05) is 59.1 Å². The number of hydrogen-bond donors (Lipinski definition) is 0. The maximum Gasteiger partial charge on any atom is 0.326 e. The van der Waals surface area contributed by atoms with E-state index in [0.717, 1.165) is 11.1 Å². The second-order valence-corrected chi connectivity index (χ2v) is 11.0. The number of halogens is 3. The highest BCUT2D eigenvalue weighted by Gasteiger charge is 2.45. The molecule has 2 unspecified atom stereocenters. The second-order valence-electron chi connectivity index (χ2n) is 9.66. The number of nitrogens with zero attached hydrogens (tertiary/aromatic N) is 4. The molecule has 3 amide bonds. The molecule has 0 aromatic heterocycles. The lowest BCUT2D eigenvalue weighted by Crippen LogP contribution is -2.54. The number of hydrogen-bond acceptors (Lipinski definition) is 4. The Kier molecular flexibility index (Phi) is 8.54. The quantitative estimate of drug-likeness (QED) is 0.321. The molecule has 1 fully saturated rings. The van der Waals surface area contributed by atoms with Crippen molar-refractivity contribution in [1.29, 1.82) is 0 Å². The van der Waals surface area contributed by atoms with E-state index in [1.54, 1.807) is 33.8 Å². The van der Waals surface area contributed by atoms with Gasteiger partial charge in [0.1, 0.15) is 17.6 Å². The molecule has 0 aliphatic carbocycles. The summed E-state index contributed by atoms with van der Waals surface area (Å²) >= 11 is 18.8. The van der Waals surface area contributed by atoms with Crippen LogP contribution in [0.1, 0.15) is 42.6 Å². The van der Waals surface area contributed by atoms with Crippen LogP contribution >= 0.6 is 34.8 Å². The summed E-state index contributed by atoms with van der Waals surface area (Å²) in [5, 5.41) is 1.73. The first-order valence-electron chi connectivity index (χ1n) is 13.1. The van der Waals surface area contributed by atoms with Crippen LogP contribution in [-0.2, 0) is 4.79 Å². The highest BCUT2D eigenvalue weighted by Crippen LogP contribution is 2.45. The number of carbonyl (C=O) groups excluding carboxylic acids is 2. The molecule has 208 valence electrons. The Morgan fingerprint density at radius 1 is 0.825 bits per heavy atom. The van der Waals surface area contributed by atoms with Gasteiger partial charge in [-0.25, -0.2) is 4.79 Å². The van der Waals surface area contributed by atoms with Crippen LogP contribution in [0, 0.1) is 0 Å². The van der Waals surface area contributed by atoms with Gasteiger partial charge in [0.15, 0.2) is 0 Å². The fourth-order valence-corrected chi connectivity index (χ4v) is 5.59. The molecule has 0 spiro atoms. The first-order valence-corrected chi connectivity index (χ1v) is 14.2. The molecule has 5 rings (SSSR count). The van der Waals surface area contributed by atoms with Gasteiger partial charge >= 0.3 is 6.03 Å². The van der Waals surface area contributed by atoms with Crippen molar-refractivity contribution in [1.82, 2.24) is 14.7 Å². The molecule has 2 heterocycles. The standard InChI is InChI=1S/C30H29Cl3N4O3/c1-3-40-26-18-24(33)12-13-25(26)29-34-27(20-4-8-22(31)9-5-20)28(21-6-10-23(32)11-7-21)37(29)30(39)36-16-14-35(15-17-36)19(2)38/h4-13,18,27-28H,3,14-17H2,1-2H3.